The monoisotopic (exact) mass is 273 g/mol. The number of pyridine rings is 1. The van der Waals surface area contributed by atoms with Gasteiger partial charge in [-0.05, 0) is 12.5 Å². The fourth-order valence-corrected chi connectivity index (χ4v) is 2.21. The van der Waals surface area contributed by atoms with Crippen LogP contribution in [0.3, 0.4) is 0 Å². The third-order valence-corrected chi connectivity index (χ3v) is 3.25. The van der Waals surface area contributed by atoms with Crippen LogP contribution in [0, 0.1) is 0 Å². The van der Waals surface area contributed by atoms with Crippen LogP contribution in [-0.4, -0.2) is 31.3 Å². The molecule has 0 radical (unpaired) electrons. The molecule has 0 aliphatic rings. The Kier molecular flexibility index (Phi) is 3.09. The molecule has 0 aromatic carbocycles. The highest BCUT2D eigenvalue weighted by atomic mass is 16.5. The summed E-state index contributed by atoms with van der Waals surface area (Å²) < 4.78 is 8.30. The quantitative estimate of drug-likeness (QED) is 0.715. The van der Waals surface area contributed by atoms with Crippen molar-refractivity contribution in [1.29, 1.82) is 0 Å². The highest BCUT2D eigenvalue weighted by Gasteiger charge is 2.14. The predicted molar refractivity (Wildman–Crippen MR) is 74.0 cm³/mol. The smallest absolute Gasteiger partial charge is 0.296 e. The van der Waals surface area contributed by atoms with Crippen LogP contribution in [0.15, 0.2) is 23.3 Å². The van der Waals surface area contributed by atoms with E-state index in [9.17, 15) is 4.79 Å². The van der Waals surface area contributed by atoms with Gasteiger partial charge in [-0.15, -0.1) is 0 Å². The molecule has 3 aromatic heterocycles. The average Bonchev–Trinajstić information content (AvgIpc) is 2.97. The van der Waals surface area contributed by atoms with Gasteiger partial charge in [-0.25, -0.2) is 4.98 Å². The van der Waals surface area contributed by atoms with Crippen molar-refractivity contribution in [2.24, 2.45) is 0 Å². The maximum Gasteiger partial charge on any atom is 0.296 e. The van der Waals surface area contributed by atoms with Gasteiger partial charge in [0.15, 0.2) is 5.65 Å². The van der Waals surface area contributed by atoms with E-state index in [1.165, 1.54) is 10.8 Å². The summed E-state index contributed by atoms with van der Waals surface area (Å²) in [5.74, 6) is 0.481. The van der Waals surface area contributed by atoms with Gasteiger partial charge in [0.1, 0.15) is 6.33 Å². The summed E-state index contributed by atoms with van der Waals surface area (Å²) in [5.41, 5.74) is 1.46. The van der Waals surface area contributed by atoms with Gasteiger partial charge >= 0.3 is 0 Å². The molecule has 0 aliphatic carbocycles. The van der Waals surface area contributed by atoms with Gasteiger partial charge < -0.3 is 9.30 Å². The van der Waals surface area contributed by atoms with E-state index in [-0.39, 0.29) is 11.2 Å². The molecular formula is C13H15N5O2. The first-order valence-electron chi connectivity index (χ1n) is 6.53. The van der Waals surface area contributed by atoms with Gasteiger partial charge in [0.25, 0.3) is 5.56 Å². The van der Waals surface area contributed by atoms with E-state index in [0.29, 0.717) is 18.1 Å². The molecule has 0 atom stereocenters. The Morgan fingerprint density at radius 2 is 2.15 bits per heavy atom. The highest BCUT2D eigenvalue weighted by molar-refractivity contribution is 5.74. The van der Waals surface area contributed by atoms with Crippen LogP contribution in [-0.2, 0) is 6.54 Å². The predicted octanol–water partition coefficient (Wildman–Crippen LogP) is 1.25. The van der Waals surface area contributed by atoms with Crippen molar-refractivity contribution >= 4 is 16.8 Å². The first kappa shape index (κ1) is 12.6. The lowest BCUT2D eigenvalue weighted by Crippen LogP contribution is -2.24. The number of fused-ring (bicyclic) bond motifs is 3. The molecule has 3 aromatic rings. The molecule has 0 unspecified atom stereocenters. The third-order valence-electron chi connectivity index (χ3n) is 3.25. The van der Waals surface area contributed by atoms with Gasteiger partial charge in [-0.3, -0.25) is 4.79 Å². The van der Waals surface area contributed by atoms with E-state index in [1.807, 2.05) is 6.07 Å². The maximum absolute atomic E-state index is 12.4. The molecule has 0 N–H and O–H groups in total. The molecule has 0 fully saturated rings. The number of methoxy groups -OCH3 is 1. The summed E-state index contributed by atoms with van der Waals surface area (Å²) in [7, 11) is 1.56. The Morgan fingerprint density at radius 1 is 1.30 bits per heavy atom. The SMILES string of the molecule is CCCCn1c(=O)c2ncnn2c2nc(OC)ccc21. The van der Waals surface area contributed by atoms with Gasteiger partial charge in [0.2, 0.25) is 11.5 Å². The Balaban J connectivity index is 2.39. The first-order valence-corrected chi connectivity index (χ1v) is 6.53. The summed E-state index contributed by atoms with van der Waals surface area (Å²) in [6.45, 7) is 2.73. The van der Waals surface area contributed by atoms with Crippen LogP contribution in [0.4, 0.5) is 0 Å². The summed E-state index contributed by atoms with van der Waals surface area (Å²) in [4.78, 5) is 20.9. The van der Waals surface area contributed by atoms with Crippen LogP contribution >= 0.6 is 0 Å². The van der Waals surface area contributed by atoms with Crippen molar-refractivity contribution < 1.29 is 4.74 Å². The molecule has 7 heteroatoms. The Hall–Kier alpha value is -2.44. The zero-order valence-corrected chi connectivity index (χ0v) is 11.4. The van der Waals surface area contributed by atoms with Gasteiger partial charge in [0.05, 0.1) is 12.6 Å². The van der Waals surface area contributed by atoms with Crippen LogP contribution in [0.25, 0.3) is 16.8 Å². The summed E-state index contributed by atoms with van der Waals surface area (Å²) in [5, 5.41) is 4.08. The van der Waals surface area contributed by atoms with Crippen molar-refractivity contribution in [3.8, 4) is 5.88 Å². The second-order valence-corrected chi connectivity index (χ2v) is 4.50. The normalized spacial score (nSPS) is 11.3. The topological polar surface area (TPSA) is 74.3 Å². The van der Waals surface area contributed by atoms with Gasteiger partial charge in [0, 0.05) is 12.6 Å². The van der Waals surface area contributed by atoms with Crippen molar-refractivity contribution in [3.05, 3.63) is 28.8 Å². The van der Waals surface area contributed by atoms with Crippen LogP contribution in [0.1, 0.15) is 19.8 Å². The Bertz CT molecular complexity index is 821. The lowest BCUT2D eigenvalue weighted by atomic mass is 10.3. The molecule has 0 amide bonds. The number of aromatic nitrogens is 5. The molecule has 0 aliphatic heterocycles. The zero-order chi connectivity index (χ0) is 14.1. The van der Waals surface area contributed by atoms with E-state index < -0.39 is 0 Å². The summed E-state index contributed by atoms with van der Waals surface area (Å²) >= 11 is 0. The van der Waals surface area contributed by atoms with Crippen LogP contribution < -0.4 is 10.3 Å². The summed E-state index contributed by atoms with van der Waals surface area (Å²) in [6, 6.07) is 3.58. The average molecular weight is 273 g/mol. The number of aryl methyl sites for hydroxylation is 1. The lowest BCUT2D eigenvalue weighted by Gasteiger charge is -2.10. The van der Waals surface area contributed by atoms with E-state index in [0.717, 1.165) is 18.4 Å². The fraction of sp³-hybridized carbons (Fsp3) is 0.385. The Morgan fingerprint density at radius 3 is 2.90 bits per heavy atom. The number of rotatable bonds is 4. The second kappa shape index (κ2) is 4.92. The molecule has 3 rings (SSSR count). The number of hydrogen-bond donors (Lipinski definition) is 0. The lowest BCUT2D eigenvalue weighted by molar-refractivity contribution is 0.399. The molecule has 0 saturated carbocycles. The molecule has 0 spiro atoms. The zero-order valence-electron chi connectivity index (χ0n) is 11.4. The minimum Gasteiger partial charge on any atom is -0.481 e. The molecule has 104 valence electrons. The van der Waals surface area contributed by atoms with Gasteiger partial charge in [-0.1, -0.05) is 13.3 Å². The fourth-order valence-electron chi connectivity index (χ4n) is 2.21. The van der Waals surface area contributed by atoms with Crippen molar-refractivity contribution in [1.82, 2.24) is 24.1 Å². The number of ether oxygens (including phenoxy) is 1. The molecule has 20 heavy (non-hydrogen) atoms. The Labute approximate surface area is 114 Å². The van der Waals surface area contributed by atoms with Gasteiger partial charge in [-0.2, -0.15) is 14.6 Å². The number of nitrogens with zero attached hydrogens (tertiary/aromatic N) is 5. The second-order valence-electron chi connectivity index (χ2n) is 4.50. The largest absolute Gasteiger partial charge is 0.481 e. The molecule has 0 saturated heterocycles. The molecule has 3 heterocycles. The minimum absolute atomic E-state index is 0.143. The van der Waals surface area contributed by atoms with E-state index >= 15 is 0 Å². The molecule has 0 bridgehead atoms. The minimum atomic E-state index is -0.143. The van der Waals surface area contributed by atoms with E-state index in [1.54, 1.807) is 17.7 Å². The van der Waals surface area contributed by atoms with E-state index in [4.69, 9.17) is 4.74 Å². The van der Waals surface area contributed by atoms with Crippen LogP contribution in [0.2, 0.25) is 0 Å². The van der Waals surface area contributed by atoms with E-state index in [2.05, 4.69) is 22.0 Å². The first-order chi connectivity index (χ1) is 9.76. The molecule has 7 nitrogen and oxygen atoms in total. The standard InChI is InChI=1S/C13H15N5O2/c1-3-4-7-17-9-5-6-10(20-2)16-11(9)18-12(13(17)19)14-8-15-18/h5-6,8H,3-4,7H2,1-2H3. The maximum atomic E-state index is 12.4. The third kappa shape index (κ3) is 1.82. The number of hydrogen-bond acceptors (Lipinski definition) is 5. The highest BCUT2D eigenvalue weighted by Crippen LogP contribution is 2.16. The van der Waals surface area contributed by atoms with Crippen molar-refractivity contribution in [3.63, 3.8) is 0 Å². The van der Waals surface area contributed by atoms with Crippen LogP contribution in [0.5, 0.6) is 5.88 Å². The summed E-state index contributed by atoms with van der Waals surface area (Å²) in [6.07, 6.45) is 3.29. The number of unbranched alkanes of at least 4 members (excludes halogenated alkanes) is 1. The molecular weight excluding hydrogens is 258 g/mol. The van der Waals surface area contributed by atoms with Crippen molar-refractivity contribution in [2.75, 3.05) is 7.11 Å². The van der Waals surface area contributed by atoms with Crippen molar-refractivity contribution in [2.45, 2.75) is 26.3 Å².